The highest BCUT2D eigenvalue weighted by Gasteiger charge is 2.34. The number of amides is 1. The Hall–Kier alpha value is -1.06. The molecule has 0 aliphatic heterocycles. The molecule has 0 aromatic rings. The van der Waals surface area contributed by atoms with Crippen molar-refractivity contribution in [2.24, 2.45) is 23.2 Å². The van der Waals surface area contributed by atoms with Crippen molar-refractivity contribution < 1.29 is 14.7 Å². The molecule has 0 bridgehead atoms. The molecular weight excluding hydrogens is 254 g/mol. The van der Waals surface area contributed by atoms with Gasteiger partial charge < -0.3 is 10.4 Å². The molecule has 2 atom stereocenters. The molecule has 114 valence electrons. The number of carboxylic acids is 1. The Morgan fingerprint density at radius 3 is 2.25 bits per heavy atom. The number of hydrogen-bond acceptors (Lipinski definition) is 2. The number of carbonyl (C=O) groups is 2. The molecular formula is C16H27NO3. The molecule has 0 radical (unpaired) electrons. The van der Waals surface area contributed by atoms with Gasteiger partial charge in [0.15, 0.2) is 0 Å². The summed E-state index contributed by atoms with van der Waals surface area (Å²) in [4.78, 5) is 23.0. The van der Waals surface area contributed by atoms with Crippen LogP contribution in [0.3, 0.4) is 0 Å². The molecule has 0 heterocycles. The smallest absolute Gasteiger partial charge is 0.306 e. The highest BCUT2D eigenvalue weighted by molar-refractivity contribution is 5.80. The third-order valence-corrected chi connectivity index (χ3v) is 5.18. The predicted molar refractivity (Wildman–Crippen MR) is 77.2 cm³/mol. The van der Waals surface area contributed by atoms with Gasteiger partial charge in [0.2, 0.25) is 5.91 Å². The maximum Gasteiger partial charge on any atom is 0.306 e. The molecule has 1 amide bonds. The second-order valence-corrected chi connectivity index (χ2v) is 7.40. The van der Waals surface area contributed by atoms with E-state index in [9.17, 15) is 9.59 Å². The summed E-state index contributed by atoms with van der Waals surface area (Å²) in [5.41, 5.74) is 0.459. The molecule has 0 unspecified atom stereocenters. The van der Waals surface area contributed by atoms with E-state index in [0.717, 1.165) is 13.0 Å². The Balaban J connectivity index is 1.70. The Morgan fingerprint density at radius 2 is 1.70 bits per heavy atom. The van der Waals surface area contributed by atoms with Crippen molar-refractivity contribution in [1.82, 2.24) is 5.32 Å². The van der Waals surface area contributed by atoms with Gasteiger partial charge in [-0.05, 0) is 56.3 Å². The quantitative estimate of drug-likeness (QED) is 0.832. The van der Waals surface area contributed by atoms with Gasteiger partial charge in [-0.2, -0.15) is 0 Å². The summed E-state index contributed by atoms with van der Waals surface area (Å²) in [5, 5.41) is 12.0. The van der Waals surface area contributed by atoms with E-state index in [4.69, 9.17) is 5.11 Å². The summed E-state index contributed by atoms with van der Waals surface area (Å²) in [5.74, 6) is -0.491. The summed E-state index contributed by atoms with van der Waals surface area (Å²) < 4.78 is 0. The summed E-state index contributed by atoms with van der Waals surface area (Å²) in [7, 11) is 0. The fourth-order valence-electron chi connectivity index (χ4n) is 3.50. The maximum absolute atomic E-state index is 12.1. The van der Waals surface area contributed by atoms with E-state index in [2.05, 4.69) is 19.2 Å². The molecule has 2 rings (SSSR count). The second kappa shape index (κ2) is 6.15. The number of carboxylic acid groups (broad SMARTS) is 1. The van der Waals surface area contributed by atoms with Gasteiger partial charge in [0.25, 0.3) is 0 Å². The molecule has 2 aliphatic rings. The largest absolute Gasteiger partial charge is 0.481 e. The van der Waals surface area contributed by atoms with Crippen LogP contribution in [-0.2, 0) is 9.59 Å². The third kappa shape index (κ3) is 3.97. The SMILES string of the molecule is CC1(C)CCC(CNC(=O)[C@@H]2CC[C@H](C(=O)O)C2)CC1. The molecule has 4 nitrogen and oxygen atoms in total. The standard InChI is InChI=1S/C16H27NO3/c1-16(2)7-5-11(6-8-16)10-17-14(18)12-3-4-13(9-12)15(19)20/h11-13H,3-10H2,1-2H3,(H,17,18)(H,19,20)/t12-,13+/m1/s1. The summed E-state index contributed by atoms with van der Waals surface area (Å²) in [6.45, 7) is 5.39. The minimum atomic E-state index is -0.755. The van der Waals surface area contributed by atoms with E-state index in [1.54, 1.807) is 0 Å². The lowest BCUT2D eigenvalue weighted by Crippen LogP contribution is -2.35. The van der Waals surface area contributed by atoms with E-state index in [-0.39, 0.29) is 17.7 Å². The molecule has 2 fully saturated rings. The monoisotopic (exact) mass is 281 g/mol. The highest BCUT2D eigenvalue weighted by Crippen LogP contribution is 2.37. The first-order valence-corrected chi connectivity index (χ1v) is 7.88. The fraction of sp³-hybridized carbons (Fsp3) is 0.875. The second-order valence-electron chi connectivity index (χ2n) is 7.40. The van der Waals surface area contributed by atoms with E-state index in [1.165, 1.54) is 25.7 Å². The van der Waals surface area contributed by atoms with Crippen LogP contribution in [0.25, 0.3) is 0 Å². The average Bonchev–Trinajstić information content (AvgIpc) is 2.87. The first-order chi connectivity index (χ1) is 9.37. The van der Waals surface area contributed by atoms with Crippen LogP contribution in [-0.4, -0.2) is 23.5 Å². The van der Waals surface area contributed by atoms with Gasteiger partial charge in [0, 0.05) is 12.5 Å². The molecule has 4 heteroatoms. The molecule has 2 saturated carbocycles. The van der Waals surface area contributed by atoms with Gasteiger partial charge in [-0.1, -0.05) is 13.8 Å². The van der Waals surface area contributed by atoms with Gasteiger partial charge >= 0.3 is 5.97 Å². The van der Waals surface area contributed by atoms with Gasteiger partial charge in [-0.25, -0.2) is 0 Å². The zero-order chi connectivity index (χ0) is 14.8. The van der Waals surface area contributed by atoms with Gasteiger partial charge in [0.1, 0.15) is 0 Å². The molecule has 0 saturated heterocycles. The van der Waals surface area contributed by atoms with Crippen LogP contribution < -0.4 is 5.32 Å². The molecule has 2 aliphatic carbocycles. The molecule has 20 heavy (non-hydrogen) atoms. The summed E-state index contributed by atoms with van der Waals surface area (Å²) >= 11 is 0. The summed E-state index contributed by atoms with van der Waals surface area (Å²) in [6.07, 6.45) is 6.73. The highest BCUT2D eigenvalue weighted by atomic mass is 16.4. The minimum absolute atomic E-state index is 0.0681. The lowest BCUT2D eigenvalue weighted by molar-refractivity contribution is -0.141. The normalized spacial score (nSPS) is 30.1. The van der Waals surface area contributed by atoms with Crippen molar-refractivity contribution in [1.29, 1.82) is 0 Å². The van der Waals surface area contributed by atoms with E-state index >= 15 is 0 Å². The van der Waals surface area contributed by atoms with Crippen LogP contribution in [0.4, 0.5) is 0 Å². The Morgan fingerprint density at radius 1 is 1.10 bits per heavy atom. The predicted octanol–water partition coefficient (Wildman–Crippen LogP) is 2.82. The van der Waals surface area contributed by atoms with Crippen LogP contribution >= 0.6 is 0 Å². The number of rotatable bonds is 4. The van der Waals surface area contributed by atoms with Gasteiger partial charge in [0.05, 0.1) is 5.92 Å². The van der Waals surface area contributed by atoms with Crippen LogP contribution in [0.1, 0.15) is 58.8 Å². The lowest BCUT2D eigenvalue weighted by Gasteiger charge is -2.34. The topological polar surface area (TPSA) is 66.4 Å². The average molecular weight is 281 g/mol. The van der Waals surface area contributed by atoms with Gasteiger partial charge in [-0.3, -0.25) is 9.59 Å². The Kier molecular flexibility index (Phi) is 4.71. The Labute approximate surface area is 121 Å². The van der Waals surface area contributed by atoms with Crippen LogP contribution in [0.15, 0.2) is 0 Å². The third-order valence-electron chi connectivity index (χ3n) is 5.18. The fourth-order valence-corrected chi connectivity index (χ4v) is 3.50. The van der Waals surface area contributed by atoms with E-state index < -0.39 is 5.97 Å². The van der Waals surface area contributed by atoms with E-state index in [1.807, 2.05) is 0 Å². The van der Waals surface area contributed by atoms with Crippen molar-refractivity contribution in [2.75, 3.05) is 6.54 Å². The molecule has 2 N–H and O–H groups in total. The van der Waals surface area contributed by atoms with Gasteiger partial charge in [-0.15, -0.1) is 0 Å². The number of nitrogens with one attached hydrogen (secondary N) is 1. The zero-order valence-electron chi connectivity index (χ0n) is 12.7. The minimum Gasteiger partial charge on any atom is -0.481 e. The molecule has 0 aromatic carbocycles. The van der Waals surface area contributed by atoms with Crippen molar-refractivity contribution in [2.45, 2.75) is 58.8 Å². The van der Waals surface area contributed by atoms with Crippen LogP contribution in [0, 0.1) is 23.2 Å². The van der Waals surface area contributed by atoms with Crippen molar-refractivity contribution in [3.05, 3.63) is 0 Å². The first-order valence-electron chi connectivity index (χ1n) is 7.88. The molecule has 0 spiro atoms. The number of carbonyl (C=O) groups excluding carboxylic acids is 1. The van der Waals surface area contributed by atoms with Crippen molar-refractivity contribution >= 4 is 11.9 Å². The number of aliphatic carboxylic acids is 1. The molecule has 0 aromatic heterocycles. The first kappa shape index (κ1) is 15.3. The Bertz CT molecular complexity index is 368. The number of hydrogen-bond donors (Lipinski definition) is 2. The van der Waals surface area contributed by atoms with Crippen molar-refractivity contribution in [3.63, 3.8) is 0 Å². The van der Waals surface area contributed by atoms with Crippen LogP contribution in [0.2, 0.25) is 0 Å². The van der Waals surface area contributed by atoms with Crippen molar-refractivity contribution in [3.8, 4) is 0 Å². The lowest BCUT2D eigenvalue weighted by atomic mass is 9.73. The summed E-state index contributed by atoms with van der Waals surface area (Å²) in [6, 6.07) is 0. The zero-order valence-corrected chi connectivity index (χ0v) is 12.7. The maximum atomic E-state index is 12.1. The van der Waals surface area contributed by atoms with E-state index in [0.29, 0.717) is 24.2 Å². The van der Waals surface area contributed by atoms with Crippen LogP contribution in [0.5, 0.6) is 0 Å².